The van der Waals surface area contributed by atoms with Crippen LogP contribution >= 0.6 is 0 Å². The van der Waals surface area contributed by atoms with Crippen molar-refractivity contribution >= 4 is 11.9 Å². The molecular weight excluding hydrogens is 572 g/mol. The molecule has 0 aromatic heterocycles. The molecule has 0 aliphatic heterocycles. The van der Waals surface area contributed by atoms with Crippen molar-refractivity contribution in [1.82, 2.24) is 0 Å². The highest BCUT2D eigenvalue weighted by atomic mass is 16.5. The SMILES string of the molecule is C=C(C)C(=O)OCC(CC[C@H]1CC[C@@]2(C)C(CCC3C2CC[C@@]2(C)C3CC[C@@H]2[C@H](C)CC[C@@H](C)C(C)C)C1)COC(=O)C(=C)CO. The van der Waals surface area contributed by atoms with E-state index in [2.05, 4.69) is 54.7 Å². The highest BCUT2D eigenvalue weighted by Gasteiger charge is 2.60. The van der Waals surface area contributed by atoms with Gasteiger partial charge in [-0.1, -0.05) is 67.5 Å². The second kappa shape index (κ2) is 15.7. The monoisotopic (exact) mass is 641 g/mol. The van der Waals surface area contributed by atoms with Crippen molar-refractivity contribution in [2.45, 2.75) is 132 Å². The Kier molecular flexibility index (Phi) is 12.7. The first kappa shape index (κ1) is 37.2. The maximum Gasteiger partial charge on any atom is 0.335 e. The Balaban J connectivity index is 1.33. The summed E-state index contributed by atoms with van der Waals surface area (Å²) in [7, 11) is 0. The molecule has 0 radical (unpaired) electrons. The molecule has 5 nitrogen and oxygen atoms in total. The van der Waals surface area contributed by atoms with Crippen LogP contribution in [0.15, 0.2) is 24.3 Å². The summed E-state index contributed by atoms with van der Waals surface area (Å²) in [4.78, 5) is 24.2. The van der Waals surface area contributed by atoms with Crippen LogP contribution in [-0.4, -0.2) is 36.9 Å². The van der Waals surface area contributed by atoms with Gasteiger partial charge >= 0.3 is 11.9 Å². The van der Waals surface area contributed by atoms with Crippen molar-refractivity contribution < 1.29 is 24.2 Å². The summed E-state index contributed by atoms with van der Waals surface area (Å²) in [5, 5.41) is 9.23. The summed E-state index contributed by atoms with van der Waals surface area (Å²) in [6.45, 7) is 24.0. The molecule has 0 saturated heterocycles. The van der Waals surface area contributed by atoms with Crippen LogP contribution in [0.4, 0.5) is 0 Å². The Morgan fingerprint density at radius 1 is 0.826 bits per heavy atom. The molecule has 4 aliphatic rings. The smallest absolute Gasteiger partial charge is 0.335 e. The van der Waals surface area contributed by atoms with Gasteiger partial charge in [-0.15, -0.1) is 0 Å². The standard InChI is InChI=1S/C41H68O5/c1-26(2)28(5)10-11-29(6)35-16-17-36-34-15-14-33-22-31(18-20-40(33,8)37(34)19-21-41(35,36)9)12-13-32(24-45-38(43)27(3)4)25-46-39(44)30(7)23-42/h26,28-29,31-37,42H,3,7,10-25H2,1-2,4-6,8-9H3/t28-,29-,31+,32?,33?,34?,35-,36?,37?,40+,41-/m1/s1. The van der Waals surface area contributed by atoms with Crippen molar-refractivity contribution in [3.05, 3.63) is 24.3 Å². The molecule has 0 heterocycles. The first-order valence-electron chi connectivity index (χ1n) is 19.0. The molecule has 0 amide bonds. The van der Waals surface area contributed by atoms with Gasteiger partial charge in [-0.2, -0.15) is 0 Å². The fourth-order valence-electron chi connectivity index (χ4n) is 11.0. The van der Waals surface area contributed by atoms with Gasteiger partial charge in [-0.3, -0.25) is 0 Å². The fourth-order valence-corrected chi connectivity index (χ4v) is 11.0. The number of hydrogen-bond donors (Lipinski definition) is 1. The molecule has 4 rings (SSSR count). The molecule has 0 aromatic rings. The van der Waals surface area contributed by atoms with E-state index in [1.165, 1.54) is 70.6 Å². The quantitative estimate of drug-likeness (QED) is 0.143. The van der Waals surface area contributed by atoms with Crippen LogP contribution in [-0.2, 0) is 19.1 Å². The zero-order chi connectivity index (χ0) is 33.8. The first-order chi connectivity index (χ1) is 21.7. The number of aliphatic hydroxyl groups excluding tert-OH is 1. The van der Waals surface area contributed by atoms with E-state index >= 15 is 0 Å². The van der Waals surface area contributed by atoms with Crippen molar-refractivity contribution in [3.8, 4) is 0 Å². The average molecular weight is 641 g/mol. The topological polar surface area (TPSA) is 72.8 Å². The van der Waals surface area contributed by atoms with Gasteiger partial charge in [0, 0.05) is 11.5 Å². The van der Waals surface area contributed by atoms with Crippen molar-refractivity contribution in [2.75, 3.05) is 19.8 Å². The minimum atomic E-state index is -0.587. The molecular formula is C41H68O5. The van der Waals surface area contributed by atoms with Gasteiger partial charge in [-0.05, 0) is 142 Å². The lowest BCUT2D eigenvalue weighted by molar-refractivity contribution is -0.144. The number of aliphatic hydroxyl groups is 1. The van der Waals surface area contributed by atoms with Crippen LogP contribution in [0.1, 0.15) is 132 Å². The van der Waals surface area contributed by atoms with E-state index in [9.17, 15) is 14.7 Å². The molecule has 262 valence electrons. The number of carbonyl (C=O) groups excluding carboxylic acids is 2. The van der Waals surface area contributed by atoms with Gasteiger partial charge in [0.2, 0.25) is 0 Å². The Labute approximate surface area is 281 Å². The number of ether oxygens (including phenoxy) is 2. The summed E-state index contributed by atoms with van der Waals surface area (Å²) in [6, 6.07) is 0. The van der Waals surface area contributed by atoms with E-state index in [4.69, 9.17) is 9.47 Å². The summed E-state index contributed by atoms with van der Waals surface area (Å²) in [5.74, 6) is 6.48. The normalized spacial score (nSPS) is 35.7. The first-order valence-corrected chi connectivity index (χ1v) is 19.0. The van der Waals surface area contributed by atoms with Crippen molar-refractivity contribution in [3.63, 3.8) is 0 Å². The van der Waals surface area contributed by atoms with E-state index in [0.717, 1.165) is 60.2 Å². The molecule has 4 fully saturated rings. The Morgan fingerprint density at radius 3 is 2.13 bits per heavy atom. The number of carbonyl (C=O) groups is 2. The summed E-state index contributed by atoms with van der Waals surface area (Å²) in [5.41, 5.74) is 1.42. The van der Waals surface area contributed by atoms with E-state index in [1.807, 2.05) is 0 Å². The number of esters is 2. The maximum absolute atomic E-state index is 12.2. The lowest BCUT2D eigenvalue weighted by atomic mass is 9.44. The van der Waals surface area contributed by atoms with Gasteiger partial charge < -0.3 is 14.6 Å². The predicted octanol–water partition coefficient (Wildman–Crippen LogP) is 9.58. The number of rotatable bonds is 15. The minimum absolute atomic E-state index is 0.0433. The summed E-state index contributed by atoms with van der Waals surface area (Å²) < 4.78 is 10.9. The largest absolute Gasteiger partial charge is 0.462 e. The molecule has 46 heavy (non-hydrogen) atoms. The van der Waals surface area contributed by atoms with E-state index in [1.54, 1.807) is 6.92 Å². The summed E-state index contributed by atoms with van der Waals surface area (Å²) in [6.07, 6.45) is 17.2. The van der Waals surface area contributed by atoms with Gasteiger partial charge in [0.05, 0.1) is 25.4 Å². The van der Waals surface area contributed by atoms with Crippen LogP contribution in [0, 0.1) is 70.0 Å². The van der Waals surface area contributed by atoms with Gasteiger partial charge in [0.15, 0.2) is 0 Å². The zero-order valence-corrected chi connectivity index (χ0v) is 30.6. The molecule has 5 heteroatoms. The summed E-state index contributed by atoms with van der Waals surface area (Å²) >= 11 is 0. The van der Waals surface area contributed by atoms with E-state index in [0.29, 0.717) is 22.3 Å². The van der Waals surface area contributed by atoms with Crippen molar-refractivity contribution in [1.29, 1.82) is 0 Å². The maximum atomic E-state index is 12.2. The minimum Gasteiger partial charge on any atom is -0.462 e. The second-order valence-corrected chi connectivity index (χ2v) is 17.5. The Hall–Kier alpha value is -1.62. The molecule has 0 spiro atoms. The Bertz CT molecular complexity index is 1080. The molecule has 0 aromatic carbocycles. The Morgan fingerprint density at radius 2 is 1.48 bits per heavy atom. The van der Waals surface area contributed by atoms with E-state index < -0.39 is 18.5 Å². The molecule has 5 unspecified atom stereocenters. The molecule has 4 aliphatic carbocycles. The predicted molar refractivity (Wildman–Crippen MR) is 187 cm³/mol. The third-order valence-electron chi connectivity index (χ3n) is 14.5. The van der Waals surface area contributed by atoms with Crippen LogP contribution in [0.25, 0.3) is 0 Å². The highest BCUT2D eigenvalue weighted by molar-refractivity contribution is 5.88. The average Bonchev–Trinajstić information content (AvgIpc) is 3.39. The number of hydrogen-bond acceptors (Lipinski definition) is 5. The highest BCUT2D eigenvalue weighted by Crippen LogP contribution is 2.68. The van der Waals surface area contributed by atoms with Crippen LogP contribution in [0.5, 0.6) is 0 Å². The molecule has 4 saturated carbocycles. The van der Waals surface area contributed by atoms with Gasteiger partial charge in [-0.25, -0.2) is 9.59 Å². The third-order valence-corrected chi connectivity index (χ3v) is 14.5. The lowest BCUT2D eigenvalue weighted by Crippen LogP contribution is -2.53. The van der Waals surface area contributed by atoms with Crippen LogP contribution < -0.4 is 0 Å². The second-order valence-electron chi connectivity index (χ2n) is 17.5. The van der Waals surface area contributed by atoms with Gasteiger partial charge in [0.25, 0.3) is 0 Å². The zero-order valence-electron chi connectivity index (χ0n) is 30.6. The molecule has 0 bridgehead atoms. The molecule has 1 N–H and O–H groups in total. The van der Waals surface area contributed by atoms with Crippen LogP contribution in [0.2, 0.25) is 0 Å². The number of fused-ring (bicyclic) bond motifs is 5. The van der Waals surface area contributed by atoms with Gasteiger partial charge in [0.1, 0.15) is 0 Å². The van der Waals surface area contributed by atoms with Crippen LogP contribution in [0.3, 0.4) is 0 Å². The third kappa shape index (κ3) is 8.15. The van der Waals surface area contributed by atoms with E-state index in [-0.39, 0.29) is 24.7 Å². The van der Waals surface area contributed by atoms with Crippen molar-refractivity contribution in [2.24, 2.45) is 70.0 Å². The lowest BCUT2D eigenvalue weighted by Gasteiger charge is -2.61. The molecule has 11 atom stereocenters. The fraction of sp³-hybridized carbons (Fsp3) is 0.854.